The Labute approximate surface area is 168 Å². The lowest BCUT2D eigenvalue weighted by atomic mass is 9.88. The summed E-state index contributed by atoms with van der Waals surface area (Å²) in [6.45, 7) is 3.04. The highest BCUT2D eigenvalue weighted by atomic mass is 79.9. The molecule has 27 heavy (non-hydrogen) atoms. The number of aliphatic hydroxyl groups is 1. The van der Waals surface area contributed by atoms with E-state index in [-0.39, 0.29) is 5.91 Å². The number of fused-ring (bicyclic) bond motifs is 2. The molecule has 0 atom stereocenters. The van der Waals surface area contributed by atoms with Gasteiger partial charge in [-0.05, 0) is 71.3 Å². The summed E-state index contributed by atoms with van der Waals surface area (Å²) in [7, 11) is 0. The summed E-state index contributed by atoms with van der Waals surface area (Å²) in [6.07, 6.45) is 5.51. The summed E-state index contributed by atoms with van der Waals surface area (Å²) in [6, 6.07) is 8.89. The van der Waals surface area contributed by atoms with Gasteiger partial charge >= 0.3 is 0 Å². The number of likely N-dealkylation sites (tertiary alicyclic amines) is 1. The van der Waals surface area contributed by atoms with Crippen molar-refractivity contribution in [2.45, 2.75) is 32.6 Å². The van der Waals surface area contributed by atoms with Gasteiger partial charge in [0.05, 0.1) is 5.69 Å². The van der Waals surface area contributed by atoms with Crippen molar-refractivity contribution in [3.8, 4) is 0 Å². The van der Waals surface area contributed by atoms with Gasteiger partial charge in [0, 0.05) is 29.3 Å². The highest BCUT2D eigenvalue weighted by molar-refractivity contribution is 9.10. The van der Waals surface area contributed by atoms with Gasteiger partial charge < -0.3 is 10.0 Å². The van der Waals surface area contributed by atoms with Crippen LogP contribution in [0.3, 0.4) is 0 Å². The predicted octanol–water partition coefficient (Wildman–Crippen LogP) is 3.67. The summed E-state index contributed by atoms with van der Waals surface area (Å²) in [5.74, 6) is -0.182. The van der Waals surface area contributed by atoms with Crippen LogP contribution in [0.25, 0.3) is 5.57 Å². The monoisotopic (exact) mass is 426 g/mol. The normalized spacial score (nSPS) is 16.6. The van der Waals surface area contributed by atoms with E-state index in [1.165, 1.54) is 33.4 Å². The number of benzene rings is 1. The highest BCUT2D eigenvalue weighted by Gasteiger charge is 2.26. The molecule has 1 aromatic heterocycles. The maximum atomic E-state index is 11.8. The number of carbonyl (C=O) groups excluding carboxylic acids is 1. The van der Waals surface area contributed by atoms with Gasteiger partial charge in [0.15, 0.2) is 0 Å². The molecule has 0 saturated carbocycles. The van der Waals surface area contributed by atoms with Crippen LogP contribution in [0.5, 0.6) is 0 Å². The second-order valence-corrected chi connectivity index (χ2v) is 8.25. The Morgan fingerprint density at radius 1 is 1.15 bits per heavy atom. The van der Waals surface area contributed by atoms with E-state index in [0.29, 0.717) is 13.1 Å². The number of hydrogen-bond acceptors (Lipinski definition) is 3. The fraction of sp³-hybridized carbons (Fsp3) is 0.364. The van der Waals surface area contributed by atoms with Crippen molar-refractivity contribution in [2.75, 3.05) is 19.7 Å². The first-order chi connectivity index (χ1) is 13.1. The zero-order valence-electron chi connectivity index (χ0n) is 15.5. The molecule has 1 fully saturated rings. The van der Waals surface area contributed by atoms with Crippen LogP contribution in [0.2, 0.25) is 0 Å². The van der Waals surface area contributed by atoms with Gasteiger partial charge in [-0.2, -0.15) is 0 Å². The number of halogens is 1. The molecule has 2 aliphatic rings. The molecular weight excluding hydrogens is 404 g/mol. The van der Waals surface area contributed by atoms with E-state index in [1.54, 1.807) is 4.90 Å². The Kier molecular flexibility index (Phi) is 5.15. The molecule has 0 radical (unpaired) electrons. The molecule has 1 amide bonds. The van der Waals surface area contributed by atoms with Crippen molar-refractivity contribution < 1.29 is 9.90 Å². The molecule has 0 bridgehead atoms. The average molecular weight is 427 g/mol. The molecule has 1 aliphatic carbocycles. The van der Waals surface area contributed by atoms with Gasteiger partial charge in [0.25, 0.3) is 0 Å². The van der Waals surface area contributed by atoms with Gasteiger partial charge in [-0.15, -0.1) is 0 Å². The zero-order chi connectivity index (χ0) is 19.0. The van der Waals surface area contributed by atoms with Crippen LogP contribution in [0, 0.1) is 6.92 Å². The molecule has 0 spiro atoms. The highest BCUT2D eigenvalue weighted by Crippen LogP contribution is 2.38. The molecule has 1 N–H and O–H groups in total. The van der Waals surface area contributed by atoms with E-state index in [4.69, 9.17) is 10.1 Å². The summed E-state index contributed by atoms with van der Waals surface area (Å²) in [4.78, 5) is 18.4. The SMILES string of the molecule is Cc1ccc2c(c1)CCc1cc(Br)cnc1C2=C1CCN(C(=O)CO)CC1. The lowest BCUT2D eigenvalue weighted by molar-refractivity contribution is -0.134. The smallest absolute Gasteiger partial charge is 0.248 e. The van der Waals surface area contributed by atoms with Crippen molar-refractivity contribution in [3.63, 3.8) is 0 Å². The van der Waals surface area contributed by atoms with Crippen LogP contribution >= 0.6 is 15.9 Å². The topological polar surface area (TPSA) is 53.4 Å². The number of amides is 1. The number of rotatable bonds is 1. The second-order valence-electron chi connectivity index (χ2n) is 7.34. The van der Waals surface area contributed by atoms with Gasteiger partial charge in [-0.3, -0.25) is 9.78 Å². The lowest BCUT2D eigenvalue weighted by Gasteiger charge is -2.30. The molecule has 2 aromatic rings. The Morgan fingerprint density at radius 3 is 2.63 bits per heavy atom. The maximum Gasteiger partial charge on any atom is 0.248 e. The molecule has 1 aromatic carbocycles. The minimum Gasteiger partial charge on any atom is -0.387 e. The van der Waals surface area contributed by atoms with Crippen LogP contribution in [-0.4, -0.2) is 40.6 Å². The molecule has 140 valence electrons. The minimum atomic E-state index is -0.410. The van der Waals surface area contributed by atoms with E-state index >= 15 is 0 Å². The third kappa shape index (κ3) is 3.58. The van der Waals surface area contributed by atoms with Gasteiger partial charge in [-0.1, -0.05) is 29.3 Å². The first kappa shape index (κ1) is 18.4. The molecular formula is C22H23BrN2O2. The predicted molar refractivity (Wildman–Crippen MR) is 109 cm³/mol. The number of pyridine rings is 1. The van der Waals surface area contributed by atoms with Crippen molar-refractivity contribution in [1.29, 1.82) is 0 Å². The molecule has 0 unspecified atom stereocenters. The van der Waals surface area contributed by atoms with Crippen LogP contribution in [0.1, 0.15) is 40.8 Å². The largest absolute Gasteiger partial charge is 0.387 e. The Balaban J connectivity index is 1.83. The van der Waals surface area contributed by atoms with Crippen molar-refractivity contribution in [3.05, 3.63) is 68.5 Å². The first-order valence-corrected chi connectivity index (χ1v) is 10.2. The van der Waals surface area contributed by atoms with E-state index in [2.05, 4.69) is 47.1 Å². The second kappa shape index (κ2) is 7.56. The fourth-order valence-electron chi connectivity index (χ4n) is 4.20. The number of aromatic nitrogens is 1. The summed E-state index contributed by atoms with van der Waals surface area (Å²) in [5.41, 5.74) is 8.90. The quantitative estimate of drug-likeness (QED) is 0.756. The van der Waals surface area contributed by atoms with Crippen LogP contribution in [-0.2, 0) is 17.6 Å². The average Bonchev–Trinajstić information content (AvgIpc) is 2.83. The molecule has 1 aliphatic heterocycles. The Bertz CT molecular complexity index is 870. The Morgan fingerprint density at radius 2 is 1.89 bits per heavy atom. The Hall–Kier alpha value is -1.98. The van der Waals surface area contributed by atoms with Gasteiger partial charge in [0.1, 0.15) is 6.61 Å². The lowest BCUT2D eigenvalue weighted by Crippen LogP contribution is -2.38. The summed E-state index contributed by atoms with van der Waals surface area (Å²) < 4.78 is 1.01. The number of nitrogens with zero attached hydrogens (tertiary/aromatic N) is 2. The van der Waals surface area contributed by atoms with Crippen LogP contribution in [0.15, 0.2) is 40.5 Å². The molecule has 4 nitrogen and oxygen atoms in total. The van der Waals surface area contributed by atoms with E-state index in [9.17, 15) is 4.79 Å². The standard InChI is InChI=1S/C22H23BrN2O2/c1-14-2-5-19-16(10-14)3-4-17-11-18(23)12-24-22(17)21(19)15-6-8-25(9-7-15)20(27)13-26/h2,5,10-12,26H,3-4,6-9,13H2,1H3. The third-order valence-electron chi connectivity index (χ3n) is 5.57. The minimum absolute atomic E-state index is 0.182. The van der Waals surface area contributed by atoms with Crippen molar-refractivity contribution in [2.24, 2.45) is 0 Å². The number of piperidine rings is 1. The molecule has 4 rings (SSSR count). The summed E-state index contributed by atoms with van der Waals surface area (Å²) >= 11 is 3.56. The number of aryl methyl sites for hydroxylation is 3. The summed E-state index contributed by atoms with van der Waals surface area (Å²) in [5, 5.41) is 9.13. The van der Waals surface area contributed by atoms with Crippen LogP contribution in [0.4, 0.5) is 0 Å². The van der Waals surface area contributed by atoms with Gasteiger partial charge in [0.2, 0.25) is 5.91 Å². The number of carbonyl (C=O) groups is 1. The van der Waals surface area contributed by atoms with Gasteiger partial charge in [-0.25, -0.2) is 0 Å². The van der Waals surface area contributed by atoms with E-state index < -0.39 is 6.61 Å². The van der Waals surface area contributed by atoms with E-state index in [1.807, 2.05) is 6.20 Å². The molecule has 5 heteroatoms. The number of aliphatic hydroxyl groups excluding tert-OH is 1. The third-order valence-corrected chi connectivity index (χ3v) is 6.01. The van der Waals surface area contributed by atoms with Crippen LogP contribution < -0.4 is 0 Å². The van der Waals surface area contributed by atoms with Crippen molar-refractivity contribution >= 4 is 27.4 Å². The number of hydrogen-bond donors (Lipinski definition) is 1. The molecule has 2 heterocycles. The zero-order valence-corrected chi connectivity index (χ0v) is 17.1. The fourth-order valence-corrected chi connectivity index (χ4v) is 4.58. The van der Waals surface area contributed by atoms with Crippen molar-refractivity contribution in [1.82, 2.24) is 9.88 Å². The molecule has 1 saturated heterocycles. The van der Waals surface area contributed by atoms with E-state index in [0.717, 1.165) is 35.8 Å². The first-order valence-electron chi connectivity index (χ1n) is 9.42. The maximum absolute atomic E-state index is 11.8.